The zero-order valence-electron chi connectivity index (χ0n) is 6.64. The molecule has 5 heteroatoms. The molecule has 1 unspecified atom stereocenters. The molecule has 0 radical (unpaired) electrons. The predicted octanol–water partition coefficient (Wildman–Crippen LogP) is -0.169. The van der Waals surface area contributed by atoms with Gasteiger partial charge in [0.25, 0.3) is 0 Å². The molecule has 1 atom stereocenters. The Morgan fingerprint density at radius 1 is 1.50 bits per heavy atom. The van der Waals surface area contributed by atoms with Crippen molar-refractivity contribution in [2.24, 2.45) is 0 Å². The molecule has 0 fully saturated rings. The summed E-state index contributed by atoms with van der Waals surface area (Å²) in [6.45, 7) is 0.857. The van der Waals surface area contributed by atoms with Crippen LogP contribution >= 0.6 is 0 Å². The molecule has 0 bridgehead atoms. The molecule has 2 rings (SSSR count). The lowest BCUT2D eigenvalue weighted by Crippen LogP contribution is -2.31. The number of hydrogen-bond acceptors (Lipinski definition) is 4. The smallest absolute Gasteiger partial charge is 0.137 e. The molecule has 0 amide bonds. The number of nitrogens with zero attached hydrogens (tertiary/aromatic N) is 3. The van der Waals surface area contributed by atoms with Gasteiger partial charge in [0.05, 0.1) is 6.04 Å². The van der Waals surface area contributed by atoms with Crippen molar-refractivity contribution in [2.45, 2.75) is 12.5 Å². The molecule has 2 heterocycles. The Hall–Kier alpha value is -1.36. The molecule has 1 aliphatic rings. The van der Waals surface area contributed by atoms with Crippen LogP contribution in [0.2, 0.25) is 0 Å². The molecule has 1 aromatic rings. The summed E-state index contributed by atoms with van der Waals surface area (Å²) in [5.41, 5.74) is 6.01. The lowest BCUT2D eigenvalue weighted by Gasteiger charge is -2.12. The molecule has 0 aromatic carbocycles. The molecule has 1 aromatic heterocycles. The normalized spacial score (nSPS) is 23.2. The fourth-order valence-electron chi connectivity index (χ4n) is 1.21. The third-order valence-corrected chi connectivity index (χ3v) is 1.86. The maximum atomic E-state index is 4.09. The minimum atomic E-state index is 0.360. The SMILES string of the molecule is C1=CNNCC(n2cncn2)C1. The first-order chi connectivity index (χ1) is 5.97. The van der Waals surface area contributed by atoms with Gasteiger partial charge in [-0.1, -0.05) is 6.08 Å². The van der Waals surface area contributed by atoms with Gasteiger partial charge in [-0.3, -0.25) is 0 Å². The molecule has 5 nitrogen and oxygen atoms in total. The molecule has 0 aliphatic carbocycles. The second kappa shape index (κ2) is 3.36. The minimum absolute atomic E-state index is 0.360. The van der Waals surface area contributed by atoms with Gasteiger partial charge in [0.15, 0.2) is 0 Å². The Morgan fingerprint density at radius 3 is 3.33 bits per heavy atom. The molecule has 0 saturated carbocycles. The van der Waals surface area contributed by atoms with Crippen LogP contribution in [0, 0.1) is 0 Å². The second-order valence-corrected chi connectivity index (χ2v) is 2.69. The highest BCUT2D eigenvalue weighted by atomic mass is 15.4. The van der Waals surface area contributed by atoms with Gasteiger partial charge in [0, 0.05) is 12.7 Å². The van der Waals surface area contributed by atoms with Gasteiger partial charge >= 0.3 is 0 Å². The van der Waals surface area contributed by atoms with Crippen LogP contribution in [0.1, 0.15) is 12.5 Å². The van der Waals surface area contributed by atoms with Crippen LogP contribution in [0.5, 0.6) is 0 Å². The van der Waals surface area contributed by atoms with Gasteiger partial charge < -0.3 is 5.43 Å². The first-order valence-corrected chi connectivity index (χ1v) is 3.94. The highest BCUT2D eigenvalue weighted by molar-refractivity contribution is 4.87. The van der Waals surface area contributed by atoms with Gasteiger partial charge in [0.1, 0.15) is 12.7 Å². The molecular weight excluding hydrogens is 154 g/mol. The molecule has 2 N–H and O–H groups in total. The van der Waals surface area contributed by atoms with Crippen LogP contribution in [0.15, 0.2) is 24.9 Å². The number of hydrazine groups is 1. The van der Waals surface area contributed by atoms with Crippen LogP contribution in [0.3, 0.4) is 0 Å². The van der Waals surface area contributed by atoms with E-state index in [0.717, 1.165) is 13.0 Å². The highest BCUT2D eigenvalue weighted by Crippen LogP contribution is 2.09. The Balaban J connectivity index is 2.08. The monoisotopic (exact) mass is 165 g/mol. The van der Waals surface area contributed by atoms with Crippen LogP contribution in [0.4, 0.5) is 0 Å². The van der Waals surface area contributed by atoms with E-state index in [9.17, 15) is 0 Å². The summed E-state index contributed by atoms with van der Waals surface area (Å²) in [6, 6.07) is 0.360. The molecule has 1 aliphatic heterocycles. The van der Waals surface area contributed by atoms with E-state index in [1.165, 1.54) is 0 Å². The second-order valence-electron chi connectivity index (χ2n) is 2.69. The van der Waals surface area contributed by atoms with Crippen molar-refractivity contribution in [3.63, 3.8) is 0 Å². The third-order valence-electron chi connectivity index (χ3n) is 1.86. The Labute approximate surface area is 70.5 Å². The van der Waals surface area contributed by atoms with Crippen LogP contribution < -0.4 is 10.9 Å². The summed E-state index contributed by atoms with van der Waals surface area (Å²) >= 11 is 0. The Morgan fingerprint density at radius 2 is 2.50 bits per heavy atom. The van der Waals surface area contributed by atoms with E-state index in [2.05, 4.69) is 27.0 Å². The van der Waals surface area contributed by atoms with Crippen molar-refractivity contribution in [3.8, 4) is 0 Å². The van der Waals surface area contributed by atoms with Crippen molar-refractivity contribution < 1.29 is 0 Å². The maximum absolute atomic E-state index is 4.09. The zero-order chi connectivity index (χ0) is 8.23. The van der Waals surface area contributed by atoms with E-state index in [-0.39, 0.29) is 0 Å². The van der Waals surface area contributed by atoms with Crippen LogP contribution in [0.25, 0.3) is 0 Å². The summed E-state index contributed by atoms with van der Waals surface area (Å²) in [7, 11) is 0. The molecule has 12 heavy (non-hydrogen) atoms. The topological polar surface area (TPSA) is 54.8 Å². The fraction of sp³-hybridized carbons (Fsp3) is 0.429. The van der Waals surface area contributed by atoms with Gasteiger partial charge in [-0.2, -0.15) is 5.10 Å². The number of aromatic nitrogens is 3. The van der Waals surface area contributed by atoms with Crippen molar-refractivity contribution in [1.82, 2.24) is 25.6 Å². The number of hydrogen-bond donors (Lipinski definition) is 2. The third kappa shape index (κ3) is 1.45. The predicted molar refractivity (Wildman–Crippen MR) is 44.0 cm³/mol. The summed E-state index contributed by atoms with van der Waals surface area (Å²) in [4.78, 5) is 3.91. The average molecular weight is 165 g/mol. The summed E-state index contributed by atoms with van der Waals surface area (Å²) < 4.78 is 1.87. The number of nitrogens with one attached hydrogen (secondary N) is 2. The van der Waals surface area contributed by atoms with Crippen LogP contribution in [-0.4, -0.2) is 21.3 Å². The van der Waals surface area contributed by atoms with E-state index in [4.69, 9.17) is 0 Å². The molecule has 64 valence electrons. The summed E-state index contributed by atoms with van der Waals surface area (Å²) in [5.74, 6) is 0. The van der Waals surface area contributed by atoms with Crippen molar-refractivity contribution in [3.05, 3.63) is 24.9 Å². The molecule has 0 spiro atoms. The van der Waals surface area contributed by atoms with E-state index in [0.29, 0.717) is 6.04 Å². The van der Waals surface area contributed by atoms with Gasteiger partial charge in [-0.25, -0.2) is 15.1 Å². The quantitative estimate of drug-likeness (QED) is 0.606. The standard InChI is InChI=1S/C7H11N5/c1-2-7(4-10-9-3-1)12-6-8-5-11-12/h1,3,5-7,9-10H,2,4H2. The fourth-order valence-corrected chi connectivity index (χ4v) is 1.21. The van der Waals surface area contributed by atoms with E-state index >= 15 is 0 Å². The van der Waals surface area contributed by atoms with E-state index in [1.54, 1.807) is 12.7 Å². The van der Waals surface area contributed by atoms with Gasteiger partial charge in [0.2, 0.25) is 0 Å². The van der Waals surface area contributed by atoms with Gasteiger partial charge in [-0.05, 0) is 6.42 Å². The van der Waals surface area contributed by atoms with Gasteiger partial charge in [-0.15, -0.1) is 0 Å². The average Bonchev–Trinajstić information content (AvgIpc) is 2.48. The summed E-state index contributed by atoms with van der Waals surface area (Å²) in [5, 5.41) is 4.09. The zero-order valence-corrected chi connectivity index (χ0v) is 6.64. The first kappa shape index (κ1) is 7.30. The van der Waals surface area contributed by atoms with Crippen molar-refractivity contribution >= 4 is 0 Å². The lowest BCUT2D eigenvalue weighted by atomic mass is 10.2. The molecule has 0 saturated heterocycles. The van der Waals surface area contributed by atoms with Crippen LogP contribution in [-0.2, 0) is 0 Å². The van der Waals surface area contributed by atoms with Crippen molar-refractivity contribution in [1.29, 1.82) is 0 Å². The number of allylic oxidation sites excluding steroid dienone is 1. The number of rotatable bonds is 1. The van der Waals surface area contributed by atoms with E-state index < -0.39 is 0 Å². The Bertz CT molecular complexity index is 253. The Kier molecular flexibility index (Phi) is 2.04. The highest BCUT2D eigenvalue weighted by Gasteiger charge is 2.10. The molecular formula is C7H11N5. The lowest BCUT2D eigenvalue weighted by molar-refractivity contribution is 0.423. The summed E-state index contributed by atoms with van der Waals surface area (Å²) in [6.07, 6.45) is 8.25. The van der Waals surface area contributed by atoms with E-state index in [1.807, 2.05) is 10.9 Å². The maximum Gasteiger partial charge on any atom is 0.137 e. The largest absolute Gasteiger partial charge is 0.329 e. The minimum Gasteiger partial charge on any atom is -0.329 e. The van der Waals surface area contributed by atoms with Crippen molar-refractivity contribution in [2.75, 3.05) is 6.54 Å². The first-order valence-electron chi connectivity index (χ1n) is 3.94.